The Labute approximate surface area is 332 Å². The molecule has 0 aliphatic rings. The number of ether oxygens (including phenoxy) is 2. The Balaban J connectivity index is 4.22. The van der Waals surface area contributed by atoms with Gasteiger partial charge in [0.15, 0.2) is 6.10 Å². The molecule has 310 valence electrons. The van der Waals surface area contributed by atoms with Crippen LogP contribution in [-0.4, -0.2) is 52.3 Å². The number of hydrogen-bond donors (Lipinski definition) is 3. The van der Waals surface area contributed by atoms with Crippen LogP contribution in [0.5, 0.6) is 0 Å². The lowest BCUT2D eigenvalue weighted by Crippen LogP contribution is -2.29. The minimum Gasteiger partial charge on any atom is -0.462 e. The zero-order valence-corrected chi connectivity index (χ0v) is 34.5. The first-order valence-corrected chi connectivity index (χ1v) is 21.8. The van der Waals surface area contributed by atoms with Crippen LogP contribution in [0.1, 0.15) is 136 Å². The molecular weight excluding hydrogens is 715 g/mol. The largest absolute Gasteiger partial charge is 0.469 e. The summed E-state index contributed by atoms with van der Waals surface area (Å²) in [6.07, 6.45) is 51.6. The van der Waals surface area contributed by atoms with Gasteiger partial charge in [0, 0.05) is 12.8 Å². The van der Waals surface area contributed by atoms with Crippen LogP contribution in [0.4, 0.5) is 0 Å². The molecule has 0 aromatic rings. The van der Waals surface area contributed by atoms with Crippen molar-refractivity contribution in [3.63, 3.8) is 0 Å². The van der Waals surface area contributed by atoms with Crippen LogP contribution in [0.2, 0.25) is 0 Å². The lowest BCUT2D eigenvalue weighted by Gasteiger charge is -2.18. The van der Waals surface area contributed by atoms with Gasteiger partial charge >= 0.3 is 19.8 Å². The molecule has 9 nitrogen and oxygen atoms in total. The van der Waals surface area contributed by atoms with Crippen LogP contribution in [0.15, 0.2) is 109 Å². The Hall–Kier alpha value is -3.33. The molecule has 10 heteroatoms. The predicted molar refractivity (Wildman–Crippen MR) is 226 cm³/mol. The lowest BCUT2D eigenvalue weighted by atomic mass is 10.1. The summed E-state index contributed by atoms with van der Waals surface area (Å²) in [5, 5.41) is 9.81. The number of aliphatic hydroxyl groups excluding tert-OH is 1. The fraction of sp³-hybridized carbons (Fsp3) is 0.556. The molecule has 2 atom stereocenters. The van der Waals surface area contributed by atoms with Crippen LogP contribution in [0, 0.1) is 0 Å². The second-order valence-electron chi connectivity index (χ2n) is 13.1. The quantitative estimate of drug-likeness (QED) is 0.0188. The third kappa shape index (κ3) is 41.7. The number of aliphatic hydroxyl groups is 1. The molecule has 0 radical (unpaired) electrons. The molecule has 0 aromatic heterocycles. The number of unbranched alkanes of at least 4 members (excludes halogenated alkanes) is 7. The monoisotopic (exact) mass is 786 g/mol. The predicted octanol–water partition coefficient (Wildman–Crippen LogP) is 11.4. The highest BCUT2D eigenvalue weighted by atomic mass is 31.2. The average Bonchev–Trinajstić information content (AvgIpc) is 3.15. The van der Waals surface area contributed by atoms with Gasteiger partial charge in [-0.2, -0.15) is 0 Å². The van der Waals surface area contributed by atoms with E-state index in [1.165, 1.54) is 38.5 Å². The number of carbonyl (C=O) groups excluding carboxylic acids is 2. The first-order chi connectivity index (χ1) is 26.7. The third-order valence-electron chi connectivity index (χ3n) is 7.87. The van der Waals surface area contributed by atoms with E-state index in [1.807, 2.05) is 54.7 Å². The summed E-state index contributed by atoms with van der Waals surface area (Å²) in [5.74, 6) is -1.08. The first-order valence-electron chi connectivity index (χ1n) is 20.3. The smallest absolute Gasteiger partial charge is 0.462 e. The van der Waals surface area contributed by atoms with Gasteiger partial charge in [-0.3, -0.25) is 14.1 Å². The highest BCUT2D eigenvalue weighted by Gasteiger charge is 2.22. The van der Waals surface area contributed by atoms with Gasteiger partial charge in [0.1, 0.15) is 6.61 Å². The number of rotatable bonds is 35. The van der Waals surface area contributed by atoms with Crippen molar-refractivity contribution in [2.75, 3.05) is 13.2 Å². The molecule has 0 spiro atoms. The summed E-state index contributed by atoms with van der Waals surface area (Å²) in [6, 6.07) is 0. The maximum atomic E-state index is 12.4. The van der Waals surface area contributed by atoms with Crippen molar-refractivity contribution >= 4 is 19.8 Å². The van der Waals surface area contributed by atoms with Crippen LogP contribution < -0.4 is 0 Å². The normalized spacial score (nSPS) is 14.2. The molecule has 1 unspecified atom stereocenters. The van der Waals surface area contributed by atoms with Gasteiger partial charge in [0.05, 0.1) is 12.7 Å². The summed E-state index contributed by atoms with van der Waals surface area (Å²) >= 11 is 0. The Kier molecular flexibility index (Phi) is 36.6. The summed E-state index contributed by atoms with van der Waals surface area (Å²) in [5.41, 5.74) is 0. The number of hydrogen-bond acceptors (Lipinski definition) is 7. The second kappa shape index (κ2) is 38.9. The van der Waals surface area contributed by atoms with Crippen LogP contribution in [0.25, 0.3) is 0 Å². The highest BCUT2D eigenvalue weighted by Crippen LogP contribution is 2.35. The van der Waals surface area contributed by atoms with E-state index in [2.05, 4.69) is 67.0 Å². The number of carbonyl (C=O) groups is 2. The van der Waals surface area contributed by atoms with Gasteiger partial charge < -0.3 is 24.4 Å². The summed E-state index contributed by atoms with van der Waals surface area (Å²) in [4.78, 5) is 42.7. The number of phosphoric acid groups is 1. The standard InChI is InChI=1S/C45H71O9P/c1-3-5-7-8-9-10-11-12-13-14-15-18-21-24-27-30-34-38-44(47)52-40-43(41-53-55(49,50)51)54-45(48)39-35-31-28-25-22-19-16-17-20-23-26-29-33-37-42(46)36-32-6-4-2/h6,12-13,15,17-20,22,24,26-29,31-33,37,42-43,46H,3-5,7-11,14,16,21,23,25,30,34-36,38-41H2,1-2H3,(H2,49,50,51)/b13-12-,18-15-,20-17-,22-19-,27-24-,29-26+,31-28-,32-6-,37-33+/t42?,43-/m1/s1. The molecule has 0 aromatic carbocycles. The number of allylic oxidation sites excluding steroid dienone is 16. The van der Waals surface area contributed by atoms with E-state index >= 15 is 0 Å². The molecule has 0 fully saturated rings. The van der Waals surface area contributed by atoms with Crippen molar-refractivity contribution in [3.05, 3.63) is 109 Å². The van der Waals surface area contributed by atoms with E-state index in [1.54, 1.807) is 6.08 Å². The van der Waals surface area contributed by atoms with Crippen molar-refractivity contribution in [1.82, 2.24) is 0 Å². The fourth-order valence-corrected chi connectivity index (χ4v) is 5.21. The van der Waals surface area contributed by atoms with Gasteiger partial charge in [-0.15, -0.1) is 0 Å². The number of esters is 2. The Bertz CT molecular complexity index is 1270. The van der Waals surface area contributed by atoms with Crippen LogP contribution in [0.3, 0.4) is 0 Å². The molecule has 0 rings (SSSR count). The van der Waals surface area contributed by atoms with Crippen molar-refractivity contribution in [1.29, 1.82) is 0 Å². The zero-order chi connectivity index (χ0) is 40.5. The van der Waals surface area contributed by atoms with Gasteiger partial charge in [-0.1, -0.05) is 155 Å². The lowest BCUT2D eigenvalue weighted by molar-refractivity contribution is -0.161. The average molecular weight is 787 g/mol. The fourth-order valence-electron chi connectivity index (χ4n) is 4.85. The van der Waals surface area contributed by atoms with E-state index in [0.29, 0.717) is 32.1 Å². The van der Waals surface area contributed by atoms with Gasteiger partial charge in [-0.05, 0) is 77.0 Å². The van der Waals surface area contributed by atoms with E-state index in [-0.39, 0.29) is 19.4 Å². The minimum atomic E-state index is -4.80. The SMILES string of the molecule is CC/C=C\CC(O)/C=C/C=C/C/C=C\C/C=C\C/C=C\CCC(=O)O[C@H](COC(=O)CCC/C=C\C/C=C\C/C=C\CCCCCCCC)COP(=O)(O)O. The Morgan fingerprint density at radius 3 is 1.73 bits per heavy atom. The van der Waals surface area contributed by atoms with E-state index in [9.17, 15) is 19.3 Å². The molecule has 3 N–H and O–H groups in total. The van der Waals surface area contributed by atoms with Crippen molar-refractivity contribution in [2.45, 2.75) is 148 Å². The van der Waals surface area contributed by atoms with Crippen molar-refractivity contribution in [3.8, 4) is 0 Å². The van der Waals surface area contributed by atoms with E-state index in [4.69, 9.17) is 19.3 Å². The molecule has 0 saturated carbocycles. The molecule has 0 saturated heterocycles. The van der Waals surface area contributed by atoms with Gasteiger partial charge in [0.2, 0.25) is 0 Å². The topological polar surface area (TPSA) is 140 Å². The zero-order valence-electron chi connectivity index (χ0n) is 33.6. The van der Waals surface area contributed by atoms with Crippen LogP contribution in [-0.2, 0) is 28.2 Å². The van der Waals surface area contributed by atoms with E-state index in [0.717, 1.165) is 38.5 Å². The molecule has 0 amide bonds. The first kappa shape index (κ1) is 51.7. The van der Waals surface area contributed by atoms with Crippen molar-refractivity contribution < 1.29 is 43.0 Å². The maximum Gasteiger partial charge on any atom is 0.469 e. The highest BCUT2D eigenvalue weighted by molar-refractivity contribution is 7.46. The Morgan fingerprint density at radius 1 is 0.582 bits per heavy atom. The summed E-state index contributed by atoms with van der Waals surface area (Å²) in [6.45, 7) is 3.34. The minimum absolute atomic E-state index is 0.0539. The second-order valence-corrected chi connectivity index (χ2v) is 14.3. The number of phosphoric ester groups is 1. The molecule has 0 heterocycles. The van der Waals surface area contributed by atoms with Gasteiger partial charge in [-0.25, -0.2) is 4.57 Å². The molecule has 0 aliphatic carbocycles. The van der Waals surface area contributed by atoms with E-state index < -0.39 is 38.6 Å². The molecule has 0 aliphatic heterocycles. The van der Waals surface area contributed by atoms with Crippen LogP contribution >= 0.6 is 7.82 Å². The van der Waals surface area contributed by atoms with Gasteiger partial charge in [0.25, 0.3) is 0 Å². The molecule has 55 heavy (non-hydrogen) atoms. The molecule has 0 bridgehead atoms. The summed E-state index contributed by atoms with van der Waals surface area (Å²) in [7, 11) is -4.80. The maximum absolute atomic E-state index is 12.4. The Morgan fingerprint density at radius 2 is 1.13 bits per heavy atom. The molecular formula is C45H71O9P. The van der Waals surface area contributed by atoms with Crippen molar-refractivity contribution in [2.24, 2.45) is 0 Å². The summed E-state index contributed by atoms with van der Waals surface area (Å²) < 4.78 is 26.2. The third-order valence-corrected chi connectivity index (χ3v) is 8.35.